The van der Waals surface area contributed by atoms with Crippen molar-refractivity contribution in [2.45, 2.75) is 141 Å². The van der Waals surface area contributed by atoms with Crippen molar-refractivity contribution in [1.29, 1.82) is 0 Å². The number of pyridine rings is 1. The van der Waals surface area contributed by atoms with E-state index in [-0.39, 0.29) is 30.9 Å². The number of hydrogen-bond donors (Lipinski definition) is 3. The second kappa shape index (κ2) is 20.0. The summed E-state index contributed by atoms with van der Waals surface area (Å²) in [5.74, 6) is -2.05. The van der Waals surface area contributed by atoms with E-state index in [1.165, 1.54) is 17.3 Å². The number of carbonyl (C=O) groups is 4. The van der Waals surface area contributed by atoms with Crippen LogP contribution in [0.25, 0.3) is 22.6 Å². The number of likely N-dealkylation sites (tertiary alicyclic amines) is 1. The average molecular weight is 970 g/mol. The van der Waals surface area contributed by atoms with E-state index in [1.807, 2.05) is 57.2 Å². The Kier molecular flexibility index (Phi) is 15.2. The zero-order chi connectivity index (χ0) is 50.0. The smallest absolute Gasteiger partial charge is 0.427 e. The van der Waals surface area contributed by atoms with Crippen molar-refractivity contribution in [2.75, 3.05) is 6.54 Å². The molecule has 4 amide bonds. The fourth-order valence-corrected chi connectivity index (χ4v) is 9.56. The number of nitrogens with two attached hydrogens (primary N) is 1. The Labute approximate surface area is 395 Å². The summed E-state index contributed by atoms with van der Waals surface area (Å²) in [7, 11) is -3.76. The molecule has 1 aliphatic heterocycles. The van der Waals surface area contributed by atoms with Gasteiger partial charge in [-0.2, -0.15) is 13.2 Å². The summed E-state index contributed by atoms with van der Waals surface area (Å²) in [6, 6.07) is 8.03. The molecule has 4 N–H and O–H groups in total. The topological polar surface area (TPSA) is 222 Å². The first-order valence-corrected chi connectivity index (χ1v) is 24.3. The van der Waals surface area contributed by atoms with Gasteiger partial charge in [0.2, 0.25) is 33.3 Å². The SMILES string of the molecule is CC(C)Oc1ccc(-c2cc(O[C@@H]3C[C@@H](C(N)=O)N(C(=O)[C@@H](NC(=O)OC(C)(C)C(F)(F)F)[C@H](C)C[C@@H](C)CC/C=C\[C@@H]4C[C@]4(C)C(=O)NS(=O)(=O)C4(C)CC4)C3)cc(-c3cnccn3)n2)cc1. The van der Waals surface area contributed by atoms with Crippen LogP contribution >= 0.6 is 0 Å². The summed E-state index contributed by atoms with van der Waals surface area (Å²) in [5, 5.41) is 2.39. The highest BCUT2D eigenvalue weighted by molar-refractivity contribution is 7.91. The third kappa shape index (κ3) is 12.3. The molecule has 7 atom stereocenters. The van der Waals surface area contributed by atoms with Crippen LogP contribution in [0, 0.1) is 23.2 Å². The van der Waals surface area contributed by atoms with Crippen LogP contribution in [-0.4, -0.2) is 99.4 Å². The second-order valence-electron chi connectivity index (χ2n) is 19.7. The van der Waals surface area contributed by atoms with Gasteiger partial charge in [-0.15, -0.1) is 0 Å². The van der Waals surface area contributed by atoms with Gasteiger partial charge in [0, 0.05) is 36.5 Å². The molecule has 370 valence electrons. The van der Waals surface area contributed by atoms with Crippen molar-refractivity contribution in [1.82, 2.24) is 29.9 Å². The molecule has 3 aliphatic rings. The van der Waals surface area contributed by atoms with Crippen LogP contribution in [0.3, 0.4) is 0 Å². The van der Waals surface area contributed by atoms with Crippen molar-refractivity contribution in [3.8, 4) is 34.1 Å². The number of benzene rings is 1. The predicted molar refractivity (Wildman–Crippen MR) is 246 cm³/mol. The Morgan fingerprint density at radius 1 is 0.985 bits per heavy atom. The van der Waals surface area contributed by atoms with Gasteiger partial charge in [-0.05, 0) is 115 Å². The molecule has 6 rings (SSSR count). The van der Waals surface area contributed by atoms with E-state index in [1.54, 1.807) is 39.1 Å². The molecule has 1 aromatic carbocycles. The van der Waals surface area contributed by atoms with Crippen molar-refractivity contribution in [3.05, 3.63) is 67.1 Å². The van der Waals surface area contributed by atoms with Gasteiger partial charge in [0.05, 0.1) is 40.4 Å². The second-order valence-corrected chi connectivity index (χ2v) is 21.9. The minimum Gasteiger partial charge on any atom is -0.491 e. The molecular weight excluding hydrogens is 908 g/mol. The molecule has 1 saturated heterocycles. The number of carbonyl (C=O) groups excluding carboxylic acids is 4. The summed E-state index contributed by atoms with van der Waals surface area (Å²) in [4.78, 5) is 68.3. The number of allylic oxidation sites excluding steroid dienone is 2. The number of alkyl halides is 3. The molecular formula is C48H62F3N7O9S. The van der Waals surface area contributed by atoms with Crippen LogP contribution < -0.4 is 25.2 Å². The Bertz CT molecular complexity index is 2470. The number of ether oxygens (including phenoxy) is 3. The highest BCUT2D eigenvalue weighted by atomic mass is 32.2. The van der Waals surface area contributed by atoms with Crippen LogP contribution in [0.5, 0.6) is 11.5 Å². The zero-order valence-electron chi connectivity index (χ0n) is 39.6. The van der Waals surface area contributed by atoms with E-state index in [4.69, 9.17) is 24.9 Å². The molecule has 0 spiro atoms. The number of hydrogen-bond acceptors (Lipinski definition) is 12. The lowest BCUT2D eigenvalue weighted by Gasteiger charge is -2.33. The number of rotatable bonds is 20. The lowest BCUT2D eigenvalue weighted by Crippen LogP contribution is -2.56. The van der Waals surface area contributed by atoms with Crippen molar-refractivity contribution >= 4 is 33.8 Å². The lowest BCUT2D eigenvalue weighted by atomic mass is 9.88. The molecule has 16 nitrogen and oxygen atoms in total. The van der Waals surface area contributed by atoms with Gasteiger partial charge in [0.25, 0.3) is 0 Å². The van der Waals surface area contributed by atoms with Crippen molar-refractivity contribution < 1.29 is 55.0 Å². The van der Waals surface area contributed by atoms with E-state index in [9.17, 15) is 40.8 Å². The summed E-state index contributed by atoms with van der Waals surface area (Å²) in [5.41, 5.74) is 4.26. The fraction of sp³-hybridized carbons (Fsp3) is 0.562. The van der Waals surface area contributed by atoms with Crippen LogP contribution in [0.15, 0.2) is 67.1 Å². The highest BCUT2D eigenvalue weighted by Gasteiger charge is 2.58. The maximum absolute atomic E-state index is 14.6. The number of primary amides is 1. The minimum absolute atomic E-state index is 0.0326. The number of alkyl carbamates (subject to hydrolysis) is 1. The van der Waals surface area contributed by atoms with Crippen LogP contribution in [0.2, 0.25) is 0 Å². The minimum atomic E-state index is -4.92. The number of nitrogens with zero attached hydrogens (tertiary/aromatic N) is 4. The van der Waals surface area contributed by atoms with E-state index in [2.05, 4.69) is 20.0 Å². The lowest BCUT2D eigenvalue weighted by molar-refractivity contribution is -0.244. The maximum atomic E-state index is 14.6. The third-order valence-corrected chi connectivity index (χ3v) is 15.2. The van der Waals surface area contributed by atoms with Crippen molar-refractivity contribution in [2.24, 2.45) is 28.9 Å². The number of halogens is 3. The summed E-state index contributed by atoms with van der Waals surface area (Å²) >= 11 is 0. The molecule has 0 bridgehead atoms. The highest BCUT2D eigenvalue weighted by Crippen LogP contribution is 2.54. The van der Waals surface area contributed by atoms with Crippen LogP contribution in [-0.2, 0) is 29.1 Å². The molecule has 20 heteroatoms. The van der Waals surface area contributed by atoms with Crippen LogP contribution in [0.1, 0.15) is 100 Å². The number of aromatic nitrogens is 3. The fourth-order valence-electron chi connectivity index (χ4n) is 8.20. The first kappa shape index (κ1) is 51.6. The first-order chi connectivity index (χ1) is 31.7. The molecule has 3 fully saturated rings. The first-order valence-electron chi connectivity index (χ1n) is 22.8. The predicted octanol–water partition coefficient (Wildman–Crippen LogP) is 7.29. The van der Waals surface area contributed by atoms with Crippen molar-refractivity contribution in [3.63, 3.8) is 0 Å². The maximum Gasteiger partial charge on any atom is 0.427 e. The largest absolute Gasteiger partial charge is 0.491 e. The Morgan fingerprint density at radius 3 is 2.26 bits per heavy atom. The molecule has 2 saturated carbocycles. The third-order valence-electron chi connectivity index (χ3n) is 13.1. The molecule has 3 heterocycles. The van der Waals surface area contributed by atoms with Crippen LogP contribution in [0.4, 0.5) is 18.0 Å². The molecule has 2 aliphatic carbocycles. The number of nitrogens with one attached hydrogen (secondary N) is 2. The normalized spacial score (nSPS) is 22.5. The Balaban J connectivity index is 1.16. The van der Waals surface area contributed by atoms with Gasteiger partial charge in [-0.1, -0.05) is 32.9 Å². The van der Waals surface area contributed by atoms with Gasteiger partial charge in [-0.25, -0.2) is 18.2 Å². The Hall–Kier alpha value is -5.79. The van der Waals surface area contributed by atoms with E-state index in [0.717, 1.165) is 5.56 Å². The monoisotopic (exact) mass is 969 g/mol. The summed E-state index contributed by atoms with van der Waals surface area (Å²) in [6.45, 7) is 12.0. The summed E-state index contributed by atoms with van der Waals surface area (Å²) < 4.78 is 85.1. The van der Waals surface area contributed by atoms with Gasteiger partial charge in [-0.3, -0.25) is 29.1 Å². The molecule has 0 radical (unpaired) electrons. The molecule has 68 heavy (non-hydrogen) atoms. The van der Waals surface area contributed by atoms with E-state index < -0.39 is 79.9 Å². The standard InChI is InChI=1S/C48H62F3N7O9S/c1-28(2)65-33-15-13-31(14-16-33)36-22-34(23-37(55-36)38-26-53-19-20-54-38)66-35-24-39(41(52)59)58(27-35)42(60)40(56-44(62)67-45(5,6)48(49,50)51)30(4)21-29(3)11-9-10-12-32-25-47(32,8)43(61)57-68(63,64)46(7)17-18-46/h10,12-16,19-20,22-23,26,28-30,32,35,39-40H,9,11,17-18,21,24-25,27H2,1-8H3,(H2,52,59)(H,56,62)(H,57,61)/b12-10-/t29-,30+,32+,35+,39-,40-,47-/m0/s1. The molecule has 2 aromatic heterocycles. The Morgan fingerprint density at radius 2 is 1.66 bits per heavy atom. The number of sulfonamides is 1. The van der Waals surface area contributed by atoms with Gasteiger partial charge in [0.1, 0.15) is 35.4 Å². The molecule has 3 aromatic rings. The van der Waals surface area contributed by atoms with Gasteiger partial charge >= 0.3 is 12.3 Å². The van der Waals surface area contributed by atoms with E-state index >= 15 is 0 Å². The number of amides is 4. The summed E-state index contributed by atoms with van der Waals surface area (Å²) in [6.07, 6.45) is 4.12. The van der Waals surface area contributed by atoms with E-state index in [0.29, 0.717) is 81.0 Å². The van der Waals surface area contributed by atoms with Gasteiger partial charge in [0.15, 0.2) is 0 Å². The molecule has 0 unspecified atom stereocenters. The average Bonchev–Trinajstić information content (AvgIpc) is 4.13. The quantitative estimate of drug-likeness (QED) is 0.0951. The van der Waals surface area contributed by atoms with Gasteiger partial charge < -0.3 is 30.2 Å². The zero-order valence-corrected chi connectivity index (χ0v) is 40.4.